The molecule has 9 nitrogen and oxygen atoms in total. The molecule has 33 heavy (non-hydrogen) atoms. The Morgan fingerprint density at radius 3 is 2.15 bits per heavy atom. The molecule has 0 aromatic heterocycles. The van der Waals surface area contributed by atoms with Crippen molar-refractivity contribution in [1.29, 1.82) is 5.26 Å². The van der Waals surface area contributed by atoms with Crippen molar-refractivity contribution in [3.05, 3.63) is 88.4 Å². The molecule has 1 aliphatic rings. The SMILES string of the molecule is COC(=O)C1=C(C(=O)OC)N(c2ccc(CC(=O)O)cc2)C(N)=C(C#N)C1c1ccccc1. The third-order valence-electron chi connectivity index (χ3n) is 5.16. The molecule has 0 spiro atoms. The van der Waals surface area contributed by atoms with Gasteiger partial charge in [0.25, 0.3) is 0 Å². The summed E-state index contributed by atoms with van der Waals surface area (Å²) in [6.45, 7) is 0. The Balaban J connectivity index is 2.31. The monoisotopic (exact) mass is 447 g/mol. The van der Waals surface area contributed by atoms with Crippen LogP contribution >= 0.6 is 0 Å². The highest BCUT2D eigenvalue weighted by Gasteiger charge is 2.42. The number of allylic oxidation sites excluding steroid dienone is 1. The number of carboxylic acid groups (broad SMARTS) is 1. The molecule has 0 bridgehead atoms. The third kappa shape index (κ3) is 4.41. The molecule has 1 heterocycles. The van der Waals surface area contributed by atoms with Gasteiger partial charge in [0.05, 0.1) is 43.8 Å². The summed E-state index contributed by atoms with van der Waals surface area (Å²) in [6, 6.07) is 16.9. The summed E-state index contributed by atoms with van der Waals surface area (Å²) in [4.78, 5) is 38.1. The van der Waals surface area contributed by atoms with E-state index in [1.165, 1.54) is 12.0 Å². The zero-order valence-corrected chi connectivity index (χ0v) is 17.9. The Hall–Kier alpha value is -4.58. The first-order chi connectivity index (χ1) is 15.8. The van der Waals surface area contributed by atoms with Crippen LogP contribution in [0.5, 0.6) is 0 Å². The van der Waals surface area contributed by atoms with E-state index < -0.39 is 23.8 Å². The number of benzene rings is 2. The van der Waals surface area contributed by atoms with Gasteiger partial charge in [-0.2, -0.15) is 5.26 Å². The largest absolute Gasteiger partial charge is 0.481 e. The van der Waals surface area contributed by atoms with E-state index in [-0.39, 0.29) is 29.1 Å². The fraction of sp³-hybridized carbons (Fsp3) is 0.167. The molecule has 9 heteroatoms. The van der Waals surface area contributed by atoms with E-state index >= 15 is 0 Å². The van der Waals surface area contributed by atoms with E-state index in [1.807, 2.05) is 0 Å². The molecule has 3 rings (SSSR count). The predicted octanol–water partition coefficient (Wildman–Crippen LogP) is 2.21. The lowest BCUT2D eigenvalue weighted by atomic mass is 9.81. The summed E-state index contributed by atoms with van der Waals surface area (Å²) in [6.07, 6.45) is -0.196. The van der Waals surface area contributed by atoms with E-state index in [2.05, 4.69) is 6.07 Å². The molecule has 2 aromatic carbocycles. The second-order valence-electron chi connectivity index (χ2n) is 7.07. The number of rotatable bonds is 6. The molecule has 0 saturated heterocycles. The number of anilines is 1. The van der Waals surface area contributed by atoms with Gasteiger partial charge in [0.2, 0.25) is 0 Å². The first-order valence-corrected chi connectivity index (χ1v) is 9.80. The molecular formula is C24H21N3O6. The van der Waals surface area contributed by atoms with Gasteiger partial charge in [-0.15, -0.1) is 0 Å². The van der Waals surface area contributed by atoms with Gasteiger partial charge >= 0.3 is 17.9 Å². The van der Waals surface area contributed by atoms with Crippen molar-refractivity contribution in [1.82, 2.24) is 0 Å². The smallest absolute Gasteiger partial charge is 0.355 e. The summed E-state index contributed by atoms with van der Waals surface area (Å²) in [5.41, 5.74) is 7.56. The minimum Gasteiger partial charge on any atom is -0.481 e. The van der Waals surface area contributed by atoms with E-state index in [0.717, 1.165) is 7.11 Å². The maximum absolute atomic E-state index is 12.9. The van der Waals surface area contributed by atoms with Crippen LogP contribution in [0.1, 0.15) is 17.0 Å². The summed E-state index contributed by atoms with van der Waals surface area (Å²) in [5.74, 6) is -3.70. The molecule has 1 aliphatic heterocycles. The van der Waals surface area contributed by atoms with Crippen molar-refractivity contribution in [3.8, 4) is 6.07 Å². The lowest BCUT2D eigenvalue weighted by molar-refractivity contribution is -0.139. The van der Waals surface area contributed by atoms with Gasteiger partial charge in [0.15, 0.2) is 0 Å². The van der Waals surface area contributed by atoms with Crippen LogP contribution < -0.4 is 10.6 Å². The van der Waals surface area contributed by atoms with Crippen molar-refractivity contribution in [3.63, 3.8) is 0 Å². The molecular weight excluding hydrogens is 426 g/mol. The fourth-order valence-corrected chi connectivity index (χ4v) is 3.72. The highest BCUT2D eigenvalue weighted by atomic mass is 16.5. The Morgan fingerprint density at radius 1 is 1.03 bits per heavy atom. The molecule has 1 unspecified atom stereocenters. The number of nitriles is 1. The predicted molar refractivity (Wildman–Crippen MR) is 117 cm³/mol. The molecule has 0 fully saturated rings. The maximum atomic E-state index is 12.9. The number of aliphatic carboxylic acids is 1. The standard InChI is InChI=1S/C24H21N3O6/c1-32-23(30)20-19(15-6-4-3-5-7-15)17(13-25)22(26)27(21(20)24(31)33-2)16-10-8-14(9-11-16)12-18(28)29/h3-11,19H,12,26H2,1-2H3,(H,28,29). The number of carbonyl (C=O) groups excluding carboxylic acids is 2. The summed E-state index contributed by atoms with van der Waals surface area (Å²) in [5, 5.41) is 19.0. The molecule has 0 aliphatic carbocycles. The van der Waals surface area contributed by atoms with Crippen LogP contribution in [-0.4, -0.2) is 37.2 Å². The number of esters is 2. The number of nitrogens with two attached hydrogens (primary N) is 1. The molecule has 0 saturated carbocycles. The molecule has 3 N–H and O–H groups in total. The topological polar surface area (TPSA) is 143 Å². The van der Waals surface area contributed by atoms with Crippen LogP contribution in [0.25, 0.3) is 0 Å². The van der Waals surface area contributed by atoms with Crippen LogP contribution in [-0.2, 0) is 30.3 Å². The lowest BCUT2D eigenvalue weighted by Gasteiger charge is -2.35. The van der Waals surface area contributed by atoms with Gasteiger partial charge in [-0.3, -0.25) is 9.69 Å². The molecule has 2 aromatic rings. The average molecular weight is 447 g/mol. The highest BCUT2D eigenvalue weighted by molar-refractivity contribution is 6.06. The van der Waals surface area contributed by atoms with E-state index in [9.17, 15) is 19.6 Å². The van der Waals surface area contributed by atoms with Crippen LogP contribution in [0.3, 0.4) is 0 Å². The van der Waals surface area contributed by atoms with Crippen molar-refractivity contribution < 1.29 is 29.0 Å². The maximum Gasteiger partial charge on any atom is 0.355 e. The van der Waals surface area contributed by atoms with E-state index in [4.69, 9.17) is 20.3 Å². The quantitative estimate of drug-likeness (QED) is 0.637. The third-order valence-corrected chi connectivity index (χ3v) is 5.16. The Labute approximate surface area is 189 Å². The van der Waals surface area contributed by atoms with E-state index in [0.29, 0.717) is 16.8 Å². The number of ether oxygens (including phenoxy) is 2. The summed E-state index contributed by atoms with van der Waals surface area (Å²) < 4.78 is 9.93. The summed E-state index contributed by atoms with van der Waals surface area (Å²) >= 11 is 0. The fourth-order valence-electron chi connectivity index (χ4n) is 3.72. The number of carboxylic acids is 1. The van der Waals surface area contributed by atoms with Gasteiger partial charge in [-0.05, 0) is 23.3 Å². The van der Waals surface area contributed by atoms with Crippen LogP contribution in [0.4, 0.5) is 5.69 Å². The summed E-state index contributed by atoms with van der Waals surface area (Å²) in [7, 11) is 2.33. The van der Waals surface area contributed by atoms with Crippen LogP contribution in [0, 0.1) is 11.3 Å². The minimum atomic E-state index is -0.999. The number of hydrogen-bond donors (Lipinski definition) is 2. The van der Waals surface area contributed by atoms with E-state index in [1.54, 1.807) is 54.6 Å². The number of hydrogen-bond acceptors (Lipinski definition) is 8. The van der Waals surface area contributed by atoms with Gasteiger partial charge in [0, 0.05) is 5.69 Å². The van der Waals surface area contributed by atoms with Crippen molar-refractivity contribution in [2.45, 2.75) is 12.3 Å². The van der Waals surface area contributed by atoms with Crippen LogP contribution in [0.2, 0.25) is 0 Å². The zero-order valence-electron chi connectivity index (χ0n) is 17.9. The number of methoxy groups -OCH3 is 2. The molecule has 168 valence electrons. The van der Waals surface area contributed by atoms with Crippen molar-refractivity contribution >= 4 is 23.6 Å². The molecule has 0 radical (unpaired) electrons. The average Bonchev–Trinajstić information content (AvgIpc) is 2.83. The first-order valence-electron chi connectivity index (χ1n) is 9.80. The second-order valence-corrected chi connectivity index (χ2v) is 7.07. The van der Waals surface area contributed by atoms with Gasteiger partial charge < -0.3 is 20.3 Å². The van der Waals surface area contributed by atoms with Crippen LogP contribution in [0.15, 0.2) is 77.3 Å². The Bertz CT molecular complexity index is 1190. The van der Waals surface area contributed by atoms with Crippen molar-refractivity contribution in [2.24, 2.45) is 5.73 Å². The number of carbonyl (C=O) groups is 3. The molecule has 0 amide bonds. The normalized spacial score (nSPS) is 15.7. The Morgan fingerprint density at radius 2 is 1.64 bits per heavy atom. The minimum absolute atomic E-state index is 0.0452. The van der Waals surface area contributed by atoms with Gasteiger partial charge in [0.1, 0.15) is 11.5 Å². The van der Waals surface area contributed by atoms with Gasteiger partial charge in [-0.25, -0.2) is 9.59 Å². The first kappa shape index (κ1) is 23.1. The molecule has 1 atom stereocenters. The zero-order chi connectivity index (χ0) is 24.1. The highest BCUT2D eigenvalue weighted by Crippen LogP contribution is 2.43. The number of nitrogens with zero attached hydrogens (tertiary/aromatic N) is 2. The lowest BCUT2D eigenvalue weighted by Crippen LogP contribution is -2.40. The Kier molecular flexibility index (Phi) is 6.79. The van der Waals surface area contributed by atoms with Crippen molar-refractivity contribution in [2.75, 3.05) is 19.1 Å². The van der Waals surface area contributed by atoms with Gasteiger partial charge in [-0.1, -0.05) is 42.5 Å². The second kappa shape index (κ2) is 9.70.